The SMILES string of the molecule is C[C@H]1OC(=O)C(C2COC2)NC(=O)[C@H](C)[C@H](O)[C@H](Cc2c(F)nc(F)c(F)c2F)NC(=O)[C@H]1NC(=O)c1ncccc1O. The normalized spacial score (nSPS) is 27.1. The zero-order chi connectivity index (χ0) is 31.6. The molecule has 2 fully saturated rings. The molecule has 0 saturated carbocycles. The predicted molar refractivity (Wildman–Crippen MR) is 134 cm³/mol. The van der Waals surface area contributed by atoms with E-state index in [-0.39, 0.29) is 13.2 Å². The van der Waals surface area contributed by atoms with Gasteiger partial charge in [0.1, 0.15) is 23.9 Å². The van der Waals surface area contributed by atoms with Crippen molar-refractivity contribution < 1.29 is 56.4 Å². The summed E-state index contributed by atoms with van der Waals surface area (Å²) in [5, 5.41) is 28.1. The first-order valence-electron chi connectivity index (χ1n) is 13.0. The standard InChI is InChI=1S/C26H27F4N5O8/c1-9-20(37)13(6-12-15(27)16(28)22(30)35-21(12)29)32-24(39)17(33-25(40)19-14(36)4-3-5-31-19)10(2)43-26(41)18(34-23(9)38)11-7-42-8-11/h3-5,9-11,13,17-18,20,36-37H,6-8H2,1-2H3,(H,32,39)(H,33,40)(H,34,38)/t9-,10-,13+,17+,18?,20+/m1/s1. The van der Waals surface area contributed by atoms with Crippen molar-refractivity contribution in [1.82, 2.24) is 25.9 Å². The van der Waals surface area contributed by atoms with E-state index < -0.39 is 113 Å². The minimum atomic E-state index is -2.11. The van der Waals surface area contributed by atoms with Gasteiger partial charge in [-0.25, -0.2) is 14.2 Å². The number of nitrogens with zero attached hydrogens (tertiary/aromatic N) is 2. The maximum absolute atomic E-state index is 14.6. The van der Waals surface area contributed by atoms with E-state index in [1.54, 1.807) is 0 Å². The van der Waals surface area contributed by atoms with Crippen LogP contribution in [0, 0.1) is 35.4 Å². The van der Waals surface area contributed by atoms with Crippen LogP contribution in [0.25, 0.3) is 0 Å². The number of hydrogen-bond acceptors (Lipinski definition) is 10. The number of aliphatic hydroxyl groups is 1. The lowest BCUT2D eigenvalue weighted by molar-refractivity contribution is -0.163. The predicted octanol–water partition coefficient (Wildman–Crippen LogP) is -0.362. The number of esters is 1. The van der Waals surface area contributed by atoms with Crippen LogP contribution in [-0.4, -0.2) is 87.4 Å². The topological polar surface area (TPSA) is 189 Å². The summed E-state index contributed by atoms with van der Waals surface area (Å²) in [6, 6.07) is -2.36. The molecule has 2 aromatic rings. The van der Waals surface area contributed by atoms with Gasteiger partial charge in [-0.15, -0.1) is 0 Å². The lowest BCUT2D eigenvalue weighted by Crippen LogP contribution is -2.62. The van der Waals surface area contributed by atoms with E-state index in [0.29, 0.717) is 0 Å². The number of amides is 3. The van der Waals surface area contributed by atoms with Gasteiger partial charge in [0.25, 0.3) is 11.9 Å². The molecule has 1 unspecified atom stereocenters. The van der Waals surface area contributed by atoms with Crippen molar-refractivity contribution in [3.05, 3.63) is 53.1 Å². The van der Waals surface area contributed by atoms with Crippen LogP contribution in [0.3, 0.4) is 0 Å². The fourth-order valence-corrected chi connectivity index (χ4v) is 4.55. The molecular formula is C26H27F4N5O8. The Morgan fingerprint density at radius 1 is 1.07 bits per heavy atom. The molecule has 2 aliphatic rings. The summed E-state index contributed by atoms with van der Waals surface area (Å²) < 4.78 is 66.9. The molecule has 4 heterocycles. The molecular weight excluding hydrogens is 586 g/mol. The molecule has 2 aliphatic heterocycles. The van der Waals surface area contributed by atoms with Crippen LogP contribution in [0.1, 0.15) is 29.9 Å². The summed E-state index contributed by atoms with van der Waals surface area (Å²) in [6.45, 7) is 2.53. The van der Waals surface area contributed by atoms with Crippen molar-refractivity contribution in [2.45, 2.75) is 50.6 Å². The maximum atomic E-state index is 14.6. The molecule has 0 bridgehead atoms. The number of carbonyl (C=O) groups excluding carboxylic acids is 4. The van der Waals surface area contributed by atoms with Crippen molar-refractivity contribution in [3.63, 3.8) is 0 Å². The van der Waals surface area contributed by atoms with Crippen molar-refractivity contribution in [3.8, 4) is 5.75 Å². The van der Waals surface area contributed by atoms with Gasteiger partial charge in [0, 0.05) is 24.1 Å². The number of ether oxygens (including phenoxy) is 2. The third-order valence-electron chi connectivity index (χ3n) is 7.20. The van der Waals surface area contributed by atoms with Gasteiger partial charge in [0.2, 0.25) is 23.6 Å². The molecule has 17 heteroatoms. The van der Waals surface area contributed by atoms with Gasteiger partial charge >= 0.3 is 5.97 Å². The van der Waals surface area contributed by atoms with E-state index in [2.05, 4.69) is 25.9 Å². The van der Waals surface area contributed by atoms with Crippen molar-refractivity contribution in [2.24, 2.45) is 11.8 Å². The van der Waals surface area contributed by atoms with Crippen molar-refractivity contribution in [2.75, 3.05) is 13.2 Å². The number of rotatable bonds is 5. The summed E-state index contributed by atoms with van der Waals surface area (Å²) in [6.07, 6.45) is -3.26. The summed E-state index contributed by atoms with van der Waals surface area (Å²) in [5.74, 6) is -14.6. The van der Waals surface area contributed by atoms with Crippen LogP contribution in [0.4, 0.5) is 17.6 Å². The number of aromatic nitrogens is 2. The third-order valence-corrected chi connectivity index (χ3v) is 7.20. The molecule has 0 aliphatic carbocycles. The van der Waals surface area contributed by atoms with Gasteiger partial charge in [-0.2, -0.15) is 18.2 Å². The Bertz CT molecular complexity index is 1430. The van der Waals surface area contributed by atoms with E-state index in [4.69, 9.17) is 9.47 Å². The smallest absolute Gasteiger partial charge is 0.329 e. The minimum Gasteiger partial charge on any atom is -0.505 e. The number of aromatic hydroxyl groups is 1. The van der Waals surface area contributed by atoms with E-state index in [0.717, 1.165) is 6.07 Å². The zero-order valence-corrected chi connectivity index (χ0v) is 22.6. The van der Waals surface area contributed by atoms with Gasteiger partial charge in [-0.3, -0.25) is 14.4 Å². The van der Waals surface area contributed by atoms with Crippen LogP contribution < -0.4 is 16.0 Å². The largest absolute Gasteiger partial charge is 0.505 e. The fraction of sp³-hybridized carbons (Fsp3) is 0.462. The Kier molecular flexibility index (Phi) is 9.44. The van der Waals surface area contributed by atoms with Crippen molar-refractivity contribution in [1.29, 1.82) is 0 Å². The van der Waals surface area contributed by atoms with Gasteiger partial charge in [0.05, 0.1) is 31.3 Å². The first-order chi connectivity index (χ1) is 20.3. The molecule has 0 spiro atoms. The lowest BCUT2D eigenvalue weighted by atomic mass is 9.90. The van der Waals surface area contributed by atoms with Gasteiger partial charge < -0.3 is 35.6 Å². The number of aliphatic hydroxyl groups excluding tert-OH is 1. The van der Waals surface area contributed by atoms with E-state index in [9.17, 15) is 47.0 Å². The van der Waals surface area contributed by atoms with Crippen LogP contribution in [-0.2, 0) is 30.3 Å². The molecule has 43 heavy (non-hydrogen) atoms. The molecule has 13 nitrogen and oxygen atoms in total. The highest BCUT2D eigenvalue weighted by Crippen LogP contribution is 2.23. The number of pyridine rings is 2. The Hall–Kier alpha value is -4.38. The zero-order valence-electron chi connectivity index (χ0n) is 22.6. The molecule has 232 valence electrons. The number of halogens is 4. The quantitative estimate of drug-likeness (QED) is 0.169. The molecule has 2 aromatic heterocycles. The average molecular weight is 614 g/mol. The average Bonchev–Trinajstić information content (AvgIpc) is 2.93. The summed E-state index contributed by atoms with van der Waals surface area (Å²) in [7, 11) is 0. The molecule has 4 rings (SSSR count). The second kappa shape index (κ2) is 12.9. The van der Waals surface area contributed by atoms with Gasteiger partial charge in [0.15, 0.2) is 11.5 Å². The lowest BCUT2D eigenvalue weighted by Gasteiger charge is -2.37. The Balaban J connectivity index is 1.73. The molecule has 5 N–H and O–H groups in total. The molecule has 3 amide bonds. The van der Waals surface area contributed by atoms with E-state index >= 15 is 0 Å². The number of carbonyl (C=O) groups is 4. The van der Waals surface area contributed by atoms with Crippen LogP contribution in [0.2, 0.25) is 0 Å². The highest BCUT2D eigenvalue weighted by Gasteiger charge is 2.43. The minimum absolute atomic E-state index is 0.0648. The first-order valence-corrected chi connectivity index (χ1v) is 13.0. The van der Waals surface area contributed by atoms with E-state index in [1.165, 1.54) is 26.1 Å². The summed E-state index contributed by atoms with van der Waals surface area (Å²) >= 11 is 0. The highest BCUT2D eigenvalue weighted by molar-refractivity contribution is 5.98. The van der Waals surface area contributed by atoms with Crippen molar-refractivity contribution >= 4 is 23.7 Å². The van der Waals surface area contributed by atoms with Gasteiger partial charge in [-0.05, 0) is 19.1 Å². The van der Waals surface area contributed by atoms with E-state index in [1.807, 2.05) is 0 Å². The highest BCUT2D eigenvalue weighted by atomic mass is 19.2. The summed E-state index contributed by atoms with van der Waals surface area (Å²) in [5.41, 5.74) is -1.65. The molecule has 0 radical (unpaired) electrons. The third kappa shape index (κ3) is 6.67. The number of cyclic esters (lactones) is 1. The van der Waals surface area contributed by atoms with Crippen LogP contribution >= 0.6 is 0 Å². The Morgan fingerprint density at radius 2 is 1.77 bits per heavy atom. The number of nitrogens with one attached hydrogen (secondary N) is 3. The second-order valence-corrected chi connectivity index (χ2v) is 10.1. The Morgan fingerprint density at radius 3 is 2.40 bits per heavy atom. The van der Waals surface area contributed by atoms with Crippen LogP contribution in [0.5, 0.6) is 5.75 Å². The first kappa shape index (κ1) is 31.6. The summed E-state index contributed by atoms with van der Waals surface area (Å²) in [4.78, 5) is 59.0. The molecule has 2 saturated heterocycles. The maximum Gasteiger partial charge on any atom is 0.329 e. The molecule has 0 aromatic carbocycles. The number of hydrogen-bond donors (Lipinski definition) is 5. The Labute approximate surface area is 241 Å². The fourth-order valence-electron chi connectivity index (χ4n) is 4.55. The van der Waals surface area contributed by atoms with Crippen LogP contribution in [0.15, 0.2) is 18.3 Å². The van der Waals surface area contributed by atoms with Gasteiger partial charge in [-0.1, -0.05) is 6.92 Å². The molecule has 6 atom stereocenters. The second-order valence-electron chi connectivity index (χ2n) is 10.1. The monoisotopic (exact) mass is 613 g/mol.